The molecule has 0 saturated carbocycles. The third-order valence-corrected chi connectivity index (χ3v) is 3.25. The molecule has 0 amide bonds. The molecule has 1 aliphatic heterocycles. The fraction of sp³-hybridized carbons (Fsp3) is 0.750. The fourth-order valence-electron chi connectivity index (χ4n) is 2.14. The number of nitrogen functional groups attached to an aromatic ring is 1. The first-order valence-corrected chi connectivity index (χ1v) is 6.52. The van der Waals surface area contributed by atoms with Crippen molar-refractivity contribution in [2.75, 3.05) is 44.4 Å². The van der Waals surface area contributed by atoms with E-state index in [0.717, 1.165) is 19.7 Å². The Morgan fingerprint density at radius 2 is 2.11 bits per heavy atom. The van der Waals surface area contributed by atoms with Gasteiger partial charge in [0.05, 0.1) is 18.8 Å². The smallest absolute Gasteiger partial charge is 0.229 e. The van der Waals surface area contributed by atoms with E-state index in [0.29, 0.717) is 11.8 Å². The van der Waals surface area contributed by atoms with Gasteiger partial charge >= 0.3 is 0 Å². The summed E-state index contributed by atoms with van der Waals surface area (Å²) in [4.78, 5) is 17.0. The van der Waals surface area contributed by atoms with E-state index in [1.807, 2.05) is 19.0 Å². The predicted molar refractivity (Wildman–Crippen MR) is 74.0 cm³/mol. The van der Waals surface area contributed by atoms with Gasteiger partial charge in [0.15, 0.2) is 5.82 Å². The number of hydrogen-bond donors (Lipinski definition) is 1. The molecule has 1 saturated heterocycles. The largest absolute Gasteiger partial charge is 0.376 e. The highest BCUT2D eigenvalue weighted by Crippen LogP contribution is 2.21. The minimum atomic E-state index is 0.107. The number of anilines is 2. The molecule has 0 spiro atoms. The lowest BCUT2D eigenvalue weighted by Gasteiger charge is -2.34. The Hall–Kier alpha value is -1.47. The Labute approximate surface area is 113 Å². The van der Waals surface area contributed by atoms with E-state index in [9.17, 15) is 0 Å². The molecule has 2 N–H and O–H groups in total. The van der Waals surface area contributed by atoms with Gasteiger partial charge in [-0.3, -0.25) is 4.90 Å². The first-order valence-electron chi connectivity index (χ1n) is 6.52. The average molecular weight is 266 g/mol. The number of nitrogens with zero attached hydrogens (tertiary/aromatic N) is 5. The lowest BCUT2D eigenvalue weighted by atomic mass is 10.2. The summed E-state index contributed by atoms with van der Waals surface area (Å²) in [6.07, 6.45) is 0.240. The van der Waals surface area contributed by atoms with E-state index in [4.69, 9.17) is 10.5 Å². The zero-order valence-corrected chi connectivity index (χ0v) is 12.0. The molecule has 1 aromatic rings. The van der Waals surface area contributed by atoms with E-state index in [2.05, 4.69) is 33.7 Å². The van der Waals surface area contributed by atoms with Gasteiger partial charge in [0, 0.05) is 27.2 Å². The van der Waals surface area contributed by atoms with Crippen LogP contribution in [0.1, 0.15) is 25.7 Å². The molecule has 2 heterocycles. The molecule has 0 aliphatic carbocycles. The molecule has 2 atom stereocenters. The van der Waals surface area contributed by atoms with Crippen LogP contribution >= 0.6 is 0 Å². The molecule has 1 fully saturated rings. The number of rotatable bonds is 3. The number of ether oxygens (including phenoxy) is 1. The van der Waals surface area contributed by atoms with Crippen LogP contribution in [0.15, 0.2) is 0 Å². The van der Waals surface area contributed by atoms with Gasteiger partial charge in [-0.05, 0) is 13.8 Å². The Kier molecular flexibility index (Phi) is 4.16. The van der Waals surface area contributed by atoms with Crippen molar-refractivity contribution in [1.29, 1.82) is 0 Å². The minimum Gasteiger partial charge on any atom is -0.376 e. The van der Waals surface area contributed by atoms with Crippen LogP contribution in [0.5, 0.6) is 0 Å². The van der Waals surface area contributed by atoms with Crippen LogP contribution in [0, 0.1) is 0 Å². The average Bonchev–Trinajstić information content (AvgIpc) is 2.37. The third kappa shape index (κ3) is 3.30. The molecular weight excluding hydrogens is 244 g/mol. The van der Waals surface area contributed by atoms with Gasteiger partial charge in [0.2, 0.25) is 11.9 Å². The topological polar surface area (TPSA) is 80.4 Å². The van der Waals surface area contributed by atoms with Crippen molar-refractivity contribution in [3.8, 4) is 0 Å². The van der Waals surface area contributed by atoms with E-state index in [1.54, 1.807) is 0 Å². The Morgan fingerprint density at radius 1 is 1.37 bits per heavy atom. The van der Waals surface area contributed by atoms with Crippen molar-refractivity contribution < 1.29 is 4.74 Å². The second kappa shape index (κ2) is 5.66. The zero-order chi connectivity index (χ0) is 14.0. The zero-order valence-electron chi connectivity index (χ0n) is 12.0. The summed E-state index contributed by atoms with van der Waals surface area (Å²) in [5.41, 5.74) is 5.76. The van der Waals surface area contributed by atoms with Crippen LogP contribution in [0.4, 0.5) is 11.9 Å². The van der Waals surface area contributed by atoms with Gasteiger partial charge in [0.1, 0.15) is 0 Å². The molecule has 106 valence electrons. The van der Waals surface area contributed by atoms with Gasteiger partial charge in [-0.1, -0.05) is 0 Å². The number of hydrogen-bond acceptors (Lipinski definition) is 7. The fourth-order valence-corrected chi connectivity index (χ4v) is 2.14. The quantitative estimate of drug-likeness (QED) is 0.842. The molecule has 2 unspecified atom stereocenters. The SMILES string of the molecule is CC1CN(C(C)c2nc(N)nc(N(C)C)n2)CCO1. The first-order chi connectivity index (χ1) is 8.97. The van der Waals surface area contributed by atoms with Gasteiger partial charge in [-0.15, -0.1) is 0 Å². The number of nitrogens with two attached hydrogens (primary N) is 1. The number of morpholine rings is 1. The second-order valence-corrected chi connectivity index (χ2v) is 5.10. The summed E-state index contributed by atoms with van der Waals surface area (Å²) in [6, 6.07) is 0.107. The Balaban J connectivity index is 2.20. The van der Waals surface area contributed by atoms with Gasteiger partial charge < -0.3 is 15.4 Å². The molecule has 7 nitrogen and oxygen atoms in total. The molecule has 0 bridgehead atoms. The Morgan fingerprint density at radius 3 is 2.74 bits per heavy atom. The normalized spacial score (nSPS) is 22.2. The molecule has 19 heavy (non-hydrogen) atoms. The highest BCUT2D eigenvalue weighted by Gasteiger charge is 2.25. The maximum absolute atomic E-state index is 5.76. The van der Waals surface area contributed by atoms with Crippen molar-refractivity contribution >= 4 is 11.9 Å². The van der Waals surface area contributed by atoms with Crippen molar-refractivity contribution in [2.24, 2.45) is 0 Å². The van der Waals surface area contributed by atoms with Crippen molar-refractivity contribution in [3.63, 3.8) is 0 Å². The summed E-state index contributed by atoms with van der Waals surface area (Å²) in [6.45, 7) is 6.67. The second-order valence-electron chi connectivity index (χ2n) is 5.10. The van der Waals surface area contributed by atoms with E-state index >= 15 is 0 Å². The molecular formula is C12H22N6O. The predicted octanol–water partition coefficient (Wildman–Crippen LogP) is 0.302. The molecule has 1 aromatic heterocycles. The summed E-state index contributed by atoms with van der Waals surface area (Å²) in [7, 11) is 3.78. The molecule has 0 radical (unpaired) electrons. The van der Waals surface area contributed by atoms with Crippen molar-refractivity contribution in [2.45, 2.75) is 26.0 Å². The van der Waals surface area contributed by atoms with Crippen LogP contribution in [0.2, 0.25) is 0 Å². The monoisotopic (exact) mass is 266 g/mol. The van der Waals surface area contributed by atoms with E-state index in [1.165, 1.54) is 0 Å². The highest BCUT2D eigenvalue weighted by atomic mass is 16.5. The van der Waals surface area contributed by atoms with E-state index < -0.39 is 0 Å². The maximum Gasteiger partial charge on any atom is 0.229 e. The third-order valence-electron chi connectivity index (χ3n) is 3.25. The standard InChI is InChI=1S/C12H22N6O/c1-8-7-18(5-6-19-8)9(2)10-14-11(13)16-12(15-10)17(3)4/h8-9H,5-7H2,1-4H3,(H2,13,14,15,16). The van der Waals surface area contributed by atoms with E-state index in [-0.39, 0.29) is 18.1 Å². The maximum atomic E-state index is 5.76. The van der Waals surface area contributed by atoms with Crippen LogP contribution < -0.4 is 10.6 Å². The molecule has 1 aliphatic rings. The highest BCUT2D eigenvalue weighted by molar-refractivity contribution is 5.33. The van der Waals surface area contributed by atoms with Crippen LogP contribution in [0.25, 0.3) is 0 Å². The number of aromatic nitrogens is 3. The van der Waals surface area contributed by atoms with Gasteiger partial charge in [0.25, 0.3) is 0 Å². The van der Waals surface area contributed by atoms with Gasteiger partial charge in [-0.25, -0.2) is 0 Å². The summed E-state index contributed by atoms with van der Waals surface area (Å²) < 4.78 is 5.55. The Bertz CT molecular complexity index is 438. The lowest BCUT2D eigenvalue weighted by Crippen LogP contribution is -2.42. The molecule has 7 heteroatoms. The summed E-state index contributed by atoms with van der Waals surface area (Å²) >= 11 is 0. The molecule has 0 aromatic carbocycles. The van der Waals surface area contributed by atoms with Crippen molar-refractivity contribution in [3.05, 3.63) is 5.82 Å². The summed E-state index contributed by atoms with van der Waals surface area (Å²) in [5, 5.41) is 0. The molecule has 2 rings (SSSR count). The first kappa shape index (κ1) is 14.0. The minimum absolute atomic E-state index is 0.107. The van der Waals surface area contributed by atoms with Crippen LogP contribution in [0.3, 0.4) is 0 Å². The van der Waals surface area contributed by atoms with Crippen LogP contribution in [-0.2, 0) is 4.74 Å². The van der Waals surface area contributed by atoms with Crippen molar-refractivity contribution in [1.82, 2.24) is 19.9 Å². The lowest BCUT2D eigenvalue weighted by molar-refractivity contribution is -0.0331. The van der Waals surface area contributed by atoms with Crippen LogP contribution in [-0.4, -0.2) is 59.7 Å². The van der Waals surface area contributed by atoms with Gasteiger partial charge in [-0.2, -0.15) is 15.0 Å². The summed E-state index contributed by atoms with van der Waals surface area (Å²) in [5.74, 6) is 1.57.